The number of aromatic nitrogens is 5. The van der Waals surface area contributed by atoms with Crippen LogP contribution in [-0.4, -0.2) is 42.6 Å². The lowest BCUT2D eigenvalue weighted by Crippen LogP contribution is -2.30. The Morgan fingerprint density at radius 3 is 2.54 bits per heavy atom. The molecule has 1 saturated carbocycles. The third-order valence-electron chi connectivity index (χ3n) is 7.48. The SMILES string of the molecule is CN(C(=O)c1ccc(O)nc1)c1ccc(C(Cc2ccccc2F)c2nc3c([nH]2)c(=O)[nH]c(=O)n3CC2CC2)cc1. The second kappa shape index (κ2) is 10.5. The van der Waals surface area contributed by atoms with Gasteiger partial charge in [0.25, 0.3) is 11.5 Å². The summed E-state index contributed by atoms with van der Waals surface area (Å²) >= 11 is 0. The van der Waals surface area contributed by atoms with Crippen molar-refractivity contribution in [3.05, 3.63) is 116 Å². The van der Waals surface area contributed by atoms with Crippen LogP contribution < -0.4 is 16.1 Å². The van der Waals surface area contributed by atoms with Crippen molar-refractivity contribution in [2.75, 3.05) is 11.9 Å². The maximum absolute atomic E-state index is 14.8. The number of halogens is 1. The van der Waals surface area contributed by atoms with Gasteiger partial charge < -0.3 is 15.0 Å². The van der Waals surface area contributed by atoms with Gasteiger partial charge in [-0.1, -0.05) is 30.3 Å². The van der Waals surface area contributed by atoms with E-state index in [9.17, 15) is 23.9 Å². The fraction of sp³-hybridized carbons (Fsp3) is 0.233. The van der Waals surface area contributed by atoms with Crippen LogP contribution in [0.2, 0.25) is 0 Å². The van der Waals surface area contributed by atoms with E-state index in [0.29, 0.717) is 35.1 Å². The molecule has 3 heterocycles. The minimum absolute atomic E-state index is 0.174. The maximum Gasteiger partial charge on any atom is 0.330 e. The summed E-state index contributed by atoms with van der Waals surface area (Å²) in [5.41, 5.74) is 1.59. The number of aromatic hydroxyl groups is 1. The van der Waals surface area contributed by atoms with E-state index in [1.54, 1.807) is 37.4 Å². The Bertz CT molecular complexity index is 1860. The molecule has 0 spiro atoms. The number of imidazole rings is 1. The number of hydrogen-bond acceptors (Lipinski definition) is 6. The van der Waals surface area contributed by atoms with Crippen LogP contribution in [-0.2, 0) is 13.0 Å². The summed E-state index contributed by atoms with van der Waals surface area (Å²) in [6.07, 6.45) is 3.59. The van der Waals surface area contributed by atoms with E-state index in [2.05, 4.69) is 15.0 Å². The number of anilines is 1. The molecule has 1 atom stereocenters. The van der Waals surface area contributed by atoms with Crippen LogP contribution in [0.1, 0.15) is 46.1 Å². The molecule has 1 aliphatic carbocycles. The fourth-order valence-electron chi connectivity index (χ4n) is 4.96. The maximum atomic E-state index is 14.8. The second-order valence-corrected chi connectivity index (χ2v) is 10.3. The summed E-state index contributed by atoms with van der Waals surface area (Å²) in [7, 11) is 1.63. The fourth-order valence-corrected chi connectivity index (χ4v) is 4.96. The van der Waals surface area contributed by atoms with Crippen LogP contribution >= 0.6 is 0 Å². The highest BCUT2D eigenvalue weighted by molar-refractivity contribution is 6.05. The Morgan fingerprint density at radius 2 is 1.85 bits per heavy atom. The number of nitrogens with zero attached hydrogens (tertiary/aromatic N) is 4. The van der Waals surface area contributed by atoms with Gasteiger partial charge in [0, 0.05) is 37.5 Å². The number of pyridine rings is 1. The molecule has 11 heteroatoms. The molecule has 5 aromatic rings. The first-order valence-corrected chi connectivity index (χ1v) is 13.3. The molecule has 0 aliphatic heterocycles. The first kappa shape index (κ1) is 26.2. The highest BCUT2D eigenvalue weighted by Crippen LogP contribution is 2.32. The van der Waals surface area contributed by atoms with Crippen LogP contribution in [0.3, 0.4) is 0 Å². The van der Waals surface area contributed by atoms with E-state index in [0.717, 1.165) is 18.4 Å². The molecule has 2 aromatic carbocycles. The zero-order valence-corrected chi connectivity index (χ0v) is 22.2. The van der Waals surface area contributed by atoms with E-state index in [4.69, 9.17) is 4.98 Å². The number of H-pyrrole nitrogens is 2. The molecular formula is C30H27FN6O4. The topological polar surface area (TPSA) is 137 Å². The molecule has 3 N–H and O–H groups in total. The second-order valence-electron chi connectivity index (χ2n) is 10.3. The Morgan fingerprint density at radius 1 is 1.10 bits per heavy atom. The first-order valence-electron chi connectivity index (χ1n) is 13.3. The van der Waals surface area contributed by atoms with Crippen molar-refractivity contribution in [1.82, 2.24) is 24.5 Å². The zero-order chi connectivity index (χ0) is 28.7. The molecule has 10 nitrogen and oxygen atoms in total. The minimum Gasteiger partial charge on any atom is -0.493 e. The number of carbonyl (C=O) groups is 1. The highest BCUT2D eigenvalue weighted by Gasteiger charge is 2.27. The summed E-state index contributed by atoms with van der Waals surface area (Å²) in [5.74, 6) is -0.525. The summed E-state index contributed by atoms with van der Waals surface area (Å²) in [6.45, 7) is 0.472. The van der Waals surface area contributed by atoms with Crippen molar-refractivity contribution in [2.24, 2.45) is 5.92 Å². The number of benzene rings is 2. The normalized spacial score (nSPS) is 13.8. The van der Waals surface area contributed by atoms with Crippen LogP contribution in [0.4, 0.5) is 10.1 Å². The molecule has 1 aliphatic rings. The lowest BCUT2D eigenvalue weighted by Gasteiger charge is -2.20. The van der Waals surface area contributed by atoms with E-state index >= 15 is 0 Å². The van der Waals surface area contributed by atoms with E-state index < -0.39 is 17.2 Å². The number of fused-ring (bicyclic) bond motifs is 1. The summed E-state index contributed by atoms with van der Waals surface area (Å²) < 4.78 is 16.3. The molecule has 0 radical (unpaired) electrons. The molecule has 3 aromatic heterocycles. The number of amides is 1. The number of nitrogens with one attached hydrogen (secondary N) is 2. The predicted molar refractivity (Wildman–Crippen MR) is 151 cm³/mol. The lowest BCUT2D eigenvalue weighted by atomic mass is 9.91. The van der Waals surface area contributed by atoms with Gasteiger partial charge in [-0.3, -0.25) is 19.1 Å². The highest BCUT2D eigenvalue weighted by atomic mass is 19.1. The molecular weight excluding hydrogens is 527 g/mol. The molecule has 41 heavy (non-hydrogen) atoms. The zero-order valence-electron chi connectivity index (χ0n) is 22.2. The van der Waals surface area contributed by atoms with Gasteiger partial charge in [0.15, 0.2) is 5.65 Å². The van der Waals surface area contributed by atoms with Gasteiger partial charge >= 0.3 is 5.69 Å². The van der Waals surface area contributed by atoms with Gasteiger partial charge in [-0.2, -0.15) is 0 Å². The predicted octanol–water partition coefficient (Wildman–Crippen LogP) is 3.71. The van der Waals surface area contributed by atoms with Gasteiger partial charge in [-0.15, -0.1) is 0 Å². The van der Waals surface area contributed by atoms with Gasteiger partial charge in [0.1, 0.15) is 17.2 Å². The van der Waals surface area contributed by atoms with Crippen molar-refractivity contribution in [1.29, 1.82) is 0 Å². The lowest BCUT2D eigenvalue weighted by molar-refractivity contribution is 0.0992. The van der Waals surface area contributed by atoms with Gasteiger partial charge in [-0.05, 0) is 60.6 Å². The smallest absolute Gasteiger partial charge is 0.330 e. The van der Waals surface area contributed by atoms with Crippen molar-refractivity contribution in [2.45, 2.75) is 31.7 Å². The molecule has 208 valence electrons. The van der Waals surface area contributed by atoms with Crippen molar-refractivity contribution >= 4 is 22.8 Å². The number of carbonyl (C=O) groups excluding carboxylic acids is 1. The Balaban J connectivity index is 1.38. The third kappa shape index (κ3) is 5.25. The molecule has 6 rings (SSSR count). The van der Waals surface area contributed by atoms with Crippen LogP contribution in [0, 0.1) is 11.7 Å². The summed E-state index contributed by atoms with van der Waals surface area (Å²) in [6, 6.07) is 16.5. The minimum atomic E-state index is -0.556. The average molecular weight is 555 g/mol. The van der Waals surface area contributed by atoms with E-state index in [1.165, 1.54) is 33.9 Å². The third-order valence-corrected chi connectivity index (χ3v) is 7.48. The molecule has 0 bridgehead atoms. The van der Waals surface area contributed by atoms with E-state index in [-0.39, 0.29) is 35.2 Å². The number of aromatic amines is 2. The van der Waals surface area contributed by atoms with Crippen molar-refractivity contribution in [3.8, 4) is 5.88 Å². The quantitative estimate of drug-likeness (QED) is 0.267. The van der Waals surface area contributed by atoms with Gasteiger partial charge in [-0.25, -0.2) is 19.2 Å². The number of rotatable bonds is 8. The van der Waals surface area contributed by atoms with Gasteiger partial charge in [0.2, 0.25) is 5.88 Å². The van der Waals surface area contributed by atoms with Crippen molar-refractivity contribution < 1.29 is 14.3 Å². The Kier molecular flexibility index (Phi) is 6.70. The van der Waals surface area contributed by atoms with Crippen LogP contribution in [0.25, 0.3) is 11.2 Å². The first-order chi connectivity index (χ1) is 19.8. The molecule has 0 saturated heterocycles. The number of hydrogen-bond donors (Lipinski definition) is 3. The monoisotopic (exact) mass is 554 g/mol. The standard InChI is InChI=1S/C30H27FN6O4/c1-36(29(40)20-10-13-24(38)32-15-20)21-11-8-18(9-12-21)22(14-19-4-2-3-5-23(19)31)26-33-25-27(34-26)37(16-17-6-7-17)30(41)35-28(25)39/h2-5,8-13,15,17,22H,6-7,14,16H2,1H3,(H,32,38)(H,33,34)(H,35,39,41). The summed E-state index contributed by atoms with van der Waals surface area (Å²) in [4.78, 5) is 53.7. The van der Waals surface area contributed by atoms with Crippen LogP contribution in [0.5, 0.6) is 5.88 Å². The Hall–Kier alpha value is -5.06. The van der Waals surface area contributed by atoms with Gasteiger partial charge in [0.05, 0.1) is 5.56 Å². The van der Waals surface area contributed by atoms with E-state index in [1.807, 2.05) is 12.1 Å². The molecule has 1 fully saturated rings. The molecule has 1 unspecified atom stereocenters. The summed E-state index contributed by atoms with van der Waals surface area (Å²) in [5, 5.41) is 9.42. The van der Waals surface area contributed by atoms with Crippen LogP contribution in [0.15, 0.2) is 76.4 Å². The molecule has 1 amide bonds. The average Bonchev–Trinajstić information content (AvgIpc) is 3.69. The van der Waals surface area contributed by atoms with Crippen molar-refractivity contribution in [3.63, 3.8) is 0 Å². The largest absolute Gasteiger partial charge is 0.493 e. The Labute approximate surface area is 233 Å².